The lowest BCUT2D eigenvalue weighted by molar-refractivity contribution is 1.17. The van der Waals surface area contributed by atoms with E-state index in [1.54, 1.807) is 0 Å². The molecule has 0 bridgehead atoms. The quantitative estimate of drug-likeness (QED) is 0.179. The van der Waals surface area contributed by atoms with Crippen LogP contribution in [0.1, 0.15) is 0 Å². The van der Waals surface area contributed by atoms with Gasteiger partial charge in [-0.1, -0.05) is 133 Å². The molecule has 0 atom stereocenters. The summed E-state index contributed by atoms with van der Waals surface area (Å²) in [5, 5.41) is 5.11. The fraction of sp³-hybridized carbons (Fsp3) is 0. The van der Waals surface area contributed by atoms with Gasteiger partial charge in [0.2, 0.25) is 0 Å². The van der Waals surface area contributed by atoms with Crippen molar-refractivity contribution in [1.82, 2.24) is 9.97 Å². The van der Waals surface area contributed by atoms with E-state index in [4.69, 9.17) is 0 Å². The molecule has 7 aromatic carbocycles. The molecule has 9 aromatic rings. The molecule has 0 N–H and O–H groups in total. The van der Waals surface area contributed by atoms with Gasteiger partial charge in [-0.15, -0.1) is 0 Å². The van der Waals surface area contributed by atoms with Crippen molar-refractivity contribution in [3.63, 3.8) is 0 Å². The van der Waals surface area contributed by atoms with Gasteiger partial charge in [0, 0.05) is 24.3 Å². The molecular weight excluding hydrogens is 619 g/mol. The number of aromatic nitrogens is 2. The van der Waals surface area contributed by atoms with E-state index in [1.165, 1.54) is 77.2 Å². The molecule has 0 aliphatic heterocycles. The fourth-order valence-corrected chi connectivity index (χ4v) is 8.04. The third-order valence-corrected chi connectivity index (χ3v) is 10.2. The predicted octanol–water partition coefficient (Wildman–Crippen LogP) is 12.9. The Bertz CT molecular complexity index is 2580. The third kappa shape index (κ3) is 4.67. The minimum Gasteiger partial charge on any atom is -0.295 e. The Morgan fingerprint density at radius 2 is 0.882 bits per heavy atom. The Labute approximate surface area is 296 Å². The number of benzene rings is 7. The van der Waals surface area contributed by atoms with Crippen molar-refractivity contribution < 1.29 is 0 Å². The summed E-state index contributed by atoms with van der Waals surface area (Å²) in [7, 11) is 0. The first-order valence-electron chi connectivity index (χ1n) is 17.3. The van der Waals surface area contributed by atoms with E-state index in [0.29, 0.717) is 0 Å². The number of hydrogen-bond donors (Lipinski definition) is 0. The van der Waals surface area contributed by atoms with E-state index in [9.17, 15) is 0 Å². The van der Waals surface area contributed by atoms with E-state index in [0.717, 1.165) is 17.2 Å². The Morgan fingerprint density at radius 1 is 0.333 bits per heavy atom. The summed E-state index contributed by atoms with van der Waals surface area (Å²) in [6, 6.07) is 61.1. The molecule has 0 radical (unpaired) electrons. The highest BCUT2D eigenvalue weighted by Gasteiger charge is 2.31. The first-order chi connectivity index (χ1) is 25.3. The van der Waals surface area contributed by atoms with Crippen molar-refractivity contribution in [3.05, 3.63) is 188 Å². The van der Waals surface area contributed by atoms with Gasteiger partial charge in [-0.05, 0) is 114 Å². The van der Waals surface area contributed by atoms with Gasteiger partial charge in [0.05, 0.1) is 5.69 Å². The summed E-state index contributed by atoms with van der Waals surface area (Å²) in [6.07, 6.45) is 5.47. The number of hydrogen-bond acceptors (Lipinski definition) is 3. The van der Waals surface area contributed by atoms with E-state index in [-0.39, 0.29) is 0 Å². The zero-order chi connectivity index (χ0) is 33.7. The third-order valence-electron chi connectivity index (χ3n) is 10.2. The summed E-state index contributed by atoms with van der Waals surface area (Å²) >= 11 is 0. The maximum atomic E-state index is 4.68. The zero-order valence-electron chi connectivity index (χ0n) is 27.7. The van der Waals surface area contributed by atoms with Gasteiger partial charge in [-0.2, -0.15) is 0 Å². The molecule has 2 aromatic heterocycles. The molecule has 0 fully saturated rings. The molecule has 1 aliphatic carbocycles. The molecule has 3 nitrogen and oxygen atoms in total. The van der Waals surface area contributed by atoms with Crippen molar-refractivity contribution in [2.75, 3.05) is 4.90 Å². The van der Waals surface area contributed by atoms with E-state index >= 15 is 0 Å². The fourth-order valence-electron chi connectivity index (χ4n) is 8.04. The van der Waals surface area contributed by atoms with E-state index in [1.807, 2.05) is 48.9 Å². The van der Waals surface area contributed by atoms with Crippen LogP contribution >= 0.6 is 0 Å². The lowest BCUT2D eigenvalue weighted by Gasteiger charge is -2.24. The summed E-state index contributed by atoms with van der Waals surface area (Å²) in [4.78, 5) is 11.1. The van der Waals surface area contributed by atoms with Gasteiger partial charge in [-0.25, -0.2) is 4.98 Å². The first kappa shape index (κ1) is 29.1. The van der Waals surface area contributed by atoms with Crippen LogP contribution in [0.15, 0.2) is 188 Å². The van der Waals surface area contributed by atoms with Crippen LogP contribution in [-0.4, -0.2) is 9.97 Å². The van der Waals surface area contributed by atoms with Gasteiger partial charge in [0.1, 0.15) is 5.82 Å². The SMILES string of the molecule is c1ccc(-c2c3c(c(-c4ccccc4)c4ccccc24)-c2ccc(-c4ccc(N(c5ccncc5)c5ccccn5)cc4)c4cccc-3c24)cc1. The predicted molar refractivity (Wildman–Crippen MR) is 212 cm³/mol. The van der Waals surface area contributed by atoms with E-state index < -0.39 is 0 Å². The second-order valence-corrected chi connectivity index (χ2v) is 12.9. The standard InChI is InChI=1S/C48H31N3/c1-3-12-33(13-4-1)44-39-16-7-8-17-40(39)45(34-14-5-2-6-15-34)48-42-26-25-37(38-18-11-19-41(46(38)42)47(44)48)32-21-23-35(24-22-32)51(36-27-30-49-31-28-36)43-20-9-10-29-50-43/h1-31H. The van der Waals surface area contributed by atoms with Crippen LogP contribution in [0, 0.1) is 0 Å². The van der Waals surface area contributed by atoms with Crippen LogP contribution in [0.5, 0.6) is 0 Å². The van der Waals surface area contributed by atoms with E-state index in [2.05, 4.69) is 154 Å². The summed E-state index contributed by atoms with van der Waals surface area (Å²) in [5.41, 5.74) is 14.7. The van der Waals surface area contributed by atoms with Crippen LogP contribution in [0.2, 0.25) is 0 Å². The minimum atomic E-state index is 0.857. The molecule has 3 heteroatoms. The highest BCUT2D eigenvalue weighted by molar-refractivity contribution is 6.28. The van der Waals surface area contributed by atoms with Gasteiger partial charge in [0.15, 0.2) is 0 Å². The Hall–Kier alpha value is -6.84. The zero-order valence-corrected chi connectivity index (χ0v) is 27.7. The molecule has 0 saturated carbocycles. The second kappa shape index (κ2) is 11.9. The molecule has 51 heavy (non-hydrogen) atoms. The molecule has 1 aliphatic rings. The van der Waals surface area contributed by atoms with Crippen LogP contribution in [-0.2, 0) is 0 Å². The number of fused-ring (bicyclic) bond motifs is 4. The Morgan fingerprint density at radius 3 is 1.51 bits per heavy atom. The van der Waals surface area contributed by atoms with Crippen molar-refractivity contribution in [3.8, 4) is 55.6 Å². The molecule has 0 amide bonds. The molecule has 10 rings (SSSR count). The molecule has 238 valence electrons. The lowest BCUT2D eigenvalue weighted by atomic mass is 9.82. The van der Waals surface area contributed by atoms with Crippen molar-refractivity contribution in [2.24, 2.45) is 0 Å². The second-order valence-electron chi connectivity index (χ2n) is 12.9. The monoisotopic (exact) mass is 649 g/mol. The van der Waals surface area contributed by atoms with Gasteiger partial charge in [0.25, 0.3) is 0 Å². The summed E-state index contributed by atoms with van der Waals surface area (Å²) in [5.74, 6) is 0.857. The summed E-state index contributed by atoms with van der Waals surface area (Å²) in [6.45, 7) is 0. The molecule has 0 unspecified atom stereocenters. The minimum absolute atomic E-state index is 0.857. The average Bonchev–Trinajstić information content (AvgIpc) is 3.54. The van der Waals surface area contributed by atoms with Gasteiger partial charge >= 0.3 is 0 Å². The molecule has 2 heterocycles. The maximum Gasteiger partial charge on any atom is 0.137 e. The first-order valence-corrected chi connectivity index (χ1v) is 17.3. The highest BCUT2D eigenvalue weighted by atomic mass is 15.2. The van der Waals surface area contributed by atoms with Gasteiger partial charge < -0.3 is 0 Å². The Kier molecular flexibility index (Phi) is 6.81. The number of nitrogens with zero attached hydrogens (tertiary/aromatic N) is 3. The number of rotatable bonds is 6. The summed E-state index contributed by atoms with van der Waals surface area (Å²) < 4.78 is 0. The maximum absolute atomic E-state index is 4.68. The van der Waals surface area contributed by atoms with Crippen LogP contribution in [0.3, 0.4) is 0 Å². The normalized spacial score (nSPS) is 11.5. The highest BCUT2D eigenvalue weighted by Crippen LogP contribution is 2.58. The van der Waals surface area contributed by atoms with Crippen LogP contribution in [0.25, 0.3) is 77.2 Å². The van der Waals surface area contributed by atoms with Crippen molar-refractivity contribution >= 4 is 38.7 Å². The number of anilines is 3. The van der Waals surface area contributed by atoms with Crippen molar-refractivity contribution in [1.29, 1.82) is 0 Å². The largest absolute Gasteiger partial charge is 0.295 e. The van der Waals surface area contributed by atoms with Crippen LogP contribution < -0.4 is 4.90 Å². The topological polar surface area (TPSA) is 29.0 Å². The molecule has 0 saturated heterocycles. The van der Waals surface area contributed by atoms with Crippen LogP contribution in [0.4, 0.5) is 17.2 Å². The number of pyridine rings is 2. The molecular formula is C48H31N3. The van der Waals surface area contributed by atoms with Crippen molar-refractivity contribution in [2.45, 2.75) is 0 Å². The Balaban J connectivity index is 1.19. The molecule has 0 spiro atoms. The van der Waals surface area contributed by atoms with Gasteiger partial charge in [-0.3, -0.25) is 9.88 Å². The lowest BCUT2D eigenvalue weighted by Crippen LogP contribution is -2.11. The smallest absolute Gasteiger partial charge is 0.137 e. The average molecular weight is 650 g/mol.